The summed E-state index contributed by atoms with van der Waals surface area (Å²) in [4.78, 5) is 16.7. The summed E-state index contributed by atoms with van der Waals surface area (Å²) < 4.78 is 6.96. The molecule has 110 valence electrons. The zero-order valence-corrected chi connectivity index (χ0v) is 12.2. The van der Waals surface area contributed by atoms with Gasteiger partial charge in [0.1, 0.15) is 5.82 Å². The van der Waals surface area contributed by atoms with E-state index in [0.29, 0.717) is 12.3 Å². The van der Waals surface area contributed by atoms with Crippen molar-refractivity contribution in [3.63, 3.8) is 0 Å². The van der Waals surface area contributed by atoms with Gasteiger partial charge in [0.05, 0.1) is 17.9 Å². The molecule has 1 aliphatic rings. The number of carbonyl (C=O) groups is 1. The summed E-state index contributed by atoms with van der Waals surface area (Å²) in [6, 6.07) is 5.75. The Morgan fingerprint density at radius 1 is 1.48 bits per heavy atom. The van der Waals surface area contributed by atoms with Gasteiger partial charge in [0.15, 0.2) is 5.69 Å². The first-order valence-electron chi connectivity index (χ1n) is 7.16. The topological polar surface area (TPSA) is 69.0 Å². The number of hydrogen-bond acceptors (Lipinski definition) is 5. The second kappa shape index (κ2) is 5.55. The minimum absolute atomic E-state index is 0.329. The van der Waals surface area contributed by atoms with Crippen LogP contribution in [-0.4, -0.2) is 33.9 Å². The molecule has 0 saturated carbocycles. The van der Waals surface area contributed by atoms with Crippen molar-refractivity contribution in [2.75, 3.05) is 18.5 Å². The Labute approximate surface area is 123 Å². The van der Waals surface area contributed by atoms with Gasteiger partial charge in [0.25, 0.3) is 0 Å². The minimum Gasteiger partial charge on any atom is -0.461 e. The number of aromatic nitrogens is 3. The first-order chi connectivity index (χ1) is 10.2. The van der Waals surface area contributed by atoms with Gasteiger partial charge in [-0.25, -0.2) is 9.48 Å². The van der Waals surface area contributed by atoms with Crippen molar-refractivity contribution in [1.29, 1.82) is 0 Å². The monoisotopic (exact) mass is 286 g/mol. The van der Waals surface area contributed by atoms with E-state index in [1.807, 2.05) is 29.8 Å². The lowest BCUT2D eigenvalue weighted by molar-refractivity contribution is 0.0519. The molecule has 0 bridgehead atoms. The zero-order chi connectivity index (χ0) is 14.8. The third kappa shape index (κ3) is 2.49. The maximum absolute atomic E-state index is 12.2. The van der Waals surface area contributed by atoms with Gasteiger partial charge in [-0.05, 0) is 32.4 Å². The second-order valence-electron chi connectivity index (χ2n) is 4.96. The average Bonchev–Trinajstić information content (AvgIpc) is 2.87. The Balaban J connectivity index is 2.16. The van der Waals surface area contributed by atoms with Gasteiger partial charge < -0.3 is 10.1 Å². The van der Waals surface area contributed by atoms with E-state index in [0.717, 1.165) is 42.3 Å². The smallest absolute Gasteiger partial charge is 0.359 e. The highest BCUT2D eigenvalue weighted by Gasteiger charge is 2.27. The maximum atomic E-state index is 12.2. The molecule has 0 aromatic carbocycles. The molecule has 0 fully saturated rings. The summed E-state index contributed by atoms with van der Waals surface area (Å²) in [5, 5.41) is 7.73. The predicted molar refractivity (Wildman–Crippen MR) is 79.3 cm³/mol. The molecule has 0 unspecified atom stereocenters. The van der Waals surface area contributed by atoms with Crippen molar-refractivity contribution >= 4 is 11.8 Å². The molecule has 0 radical (unpaired) electrons. The normalized spacial score (nSPS) is 13.4. The molecule has 3 rings (SSSR count). The van der Waals surface area contributed by atoms with E-state index in [9.17, 15) is 4.79 Å². The summed E-state index contributed by atoms with van der Waals surface area (Å²) >= 11 is 0. The van der Waals surface area contributed by atoms with Crippen LogP contribution in [-0.2, 0) is 11.3 Å². The molecule has 2 aromatic rings. The van der Waals surface area contributed by atoms with E-state index in [-0.39, 0.29) is 0 Å². The first kappa shape index (κ1) is 13.6. The van der Waals surface area contributed by atoms with Crippen molar-refractivity contribution in [2.24, 2.45) is 0 Å². The SMILES string of the molecule is CCOC(=O)c1nn2c(c1-c1cccc(C)n1)NCCC2. The number of pyridine rings is 1. The standard InChI is InChI=1S/C15H18N4O2/c1-3-21-15(20)13-12(11-7-4-6-10(2)17-11)14-16-8-5-9-19(14)18-13/h4,6-7,16H,3,5,8-9H2,1-2H3. The second-order valence-corrected chi connectivity index (χ2v) is 4.96. The van der Waals surface area contributed by atoms with Crippen molar-refractivity contribution in [3.8, 4) is 11.3 Å². The fourth-order valence-corrected chi connectivity index (χ4v) is 2.51. The minimum atomic E-state index is -0.403. The number of ether oxygens (including phenoxy) is 1. The molecule has 0 saturated heterocycles. The van der Waals surface area contributed by atoms with Gasteiger partial charge in [-0.3, -0.25) is 4.98 Å². The maximum Gasteiger partial charge on any atom is 0.359 e. The summed E-state index contributed by atoms with van der Waals surface area (Å²) in [6.07, 6.45) is 0.984. The van der Waals surface area contributed by atoms with E-state index in [1.165, 1.54) is 0 Å². The molecule has 0 spiro atoms. The van der Waals surface area contributed by atoms with Crippen LogP contribution in [0.2, 0.25) is 0 Å². The number of fused-ring (bicyclic) bond motifs is 1. The highest BCUT2D eigenvalue weighted by Crippen LogP contribution is 2.32. The Morgan fingerprint density at radius 3 is 3.10 bits per heavy atom. The van der Waals surface area contributed by atoms with Crippen LogP contribution in [0.1, 0.15) is 29.5 Å². The first-order valence-corrected chi connectivity index (χ1v) is 7.16. The highest BCUT2D eigenvalue weighted by atomic mass is 16.5. The molecule has 1 N–H and O–H groups in total. The molecule has 2 aromatic heterocycles. The van der Waals surface area contributed by atoms with E-state index in [2.05, 4.69) is 15.4 Å². The van der Waals surface area contributed by atoms with Crippen LogP contribution in [0.15, 0.2) is 18.2 Å². The Morgan fingerprint density at radius 2 is 2.33 bits per heavy atom. The van der Waals surface area contributed by atoms with E-state index < -0.39 is 5.97 Å². The van der Waals surface area contributed by atoms with Crippen LogP contribution in [0.5, 0.6) is 0 Å². The number of aryl methyl sites for hydroxylation is 2. The van der Waals surface area contributed by atoms with Crippen molar-refractivity contribution in [3.05, 3.63) is 29.6 Å². The van der Waals surface area contributed by atoms with E-state index >= 15 is 0 Å². The molecule has 21 heavy (non-hydrogen) atoms. The van der Waals surface area contributed by atoms with Crippen LogP contribution in [0.3, 0.4) is 0 Å². The van der Waals surface area contributed by atoms with Crippen LogP contribution in [0, 0.1) is 6.92 Å². The lowest BCUT2D eigenvalue weighted by Gasteiger charge is -2.16. The van der Waals surface area contributed by atoms with Gasteiger partial charge in [-0.15, -0.1) is 0 Å². The lowest BCUT2D eigenvalue weighted by Crippen LogP contribution is -2.18. The molecule has 6 heteroatoms. The third-order valence-electron chi connectivity index (χ3n) is 3.40. The molecular formula is C15H18N4O2. The van der Waals surface area contributed by atoms with Crippen LogP contribution >= 0.6 is 0 Å². The van der Waals surface area contributed by atoms with Crippen molar-refractivity contribution < 1.29 is 9.53 Å². The molecule has 6 nitrogen and oxygen atoms in total. The van der Waals surface area contributed by atoms with E-state index in [1.54, 1.807) is 6.92 Å². The molecule has 0 atom stereocenters. The largest absolute Gasteiger partial charge is 0.461 e. The zero-order valence-electron chi connectivity index (χ0n) is 12.2. The summed E-state index contributed by atoms with van der Waals surface area (Å²) in [5.41, 5.74) is 2.71. The Hall–Kier alpha value is -2.37. The Kier molecular flexibility index (Phi) is 3.60. The highest BCUT2D eigenvalue weighted by molar-refractivity contribution is 5.98. The molecule has 3 heterocycles. The van der Waals surface area contributed by atoms with Crippen LogP contribution in [0.4, 0.5) is 5.82 Å². The fraction of sp³-hybridized carbons (Fsp3) is 0.400. The van der Waals surface area contributed by atoms with Gasteiger partial charge >= 0.3 is 5.97 Å². The number of esters is 1. The third-order valence-corrected chi connectivity index (χ3v) is 3.40. The summed E-state index contributed by atoms with van der Waals surface area (Å²) in [6.45, 7) is 5.70. The van der Waals surface area contributed by atoms with Crippen LogP contribution in [0.25, 0.3) is 11.3 Å². The van der Waals surface area contributed by atoms with E-state index in [4.69, 9.17) is 4.74 Å². The number of hydrogen-bond donors (Lipinski definition) is 1. The van der Waals surface area contributed by atoms with Crippen molar-refractivity contribution in [2.45, 2.75) is 26.8 Å². The number of nitrogens with one attached hydrogen (secondary N) is 1. The lowest BCUT2D eigenvalue weighted by atomic mass is 10.1. The number of carbonyl (C=O) groups excluding carboxylic acids is 1. The van der Waals surface area contributed by atoms with Gasteiger partial charge in [-0.1, -0.05) is 6.07 Å². The average molecular weight is 286 g/mol. The van der Waals surface area contributed by atoms with Crippen molar-refractivity contribution in [1.82, 2.24) is 14.8 Å². The van der Waals surface area contributed by atoms with Gasteiger partial charge in [0.2, 0.25) is 0 Å². The van der Waals surface area contributed by atoms with Gasteiger partial charge in [0, 0.05) is 18.8 Å². The quantitative estimate of drug-likeness (QED) is 0.876. The molecule has 0 aliphatic carbocycles. The number of anilines is 1. The fourth-order valence-electron chi connectivity index (χ4n) is 2.51. The van der Waals surface area contributed by atoms with Gasteiger partial charge in [-0.2, -0.15) is 5.10 Å². The molecule has 1 aliphatic heterocycles. The molecule has 0 amide bonds. The number of nitrogens with zero attached hydrogens (tertiary/aromatic N) is 3. The summed E-state index contributed by atoms with van der Waals surface area (Å²) in [5.74, 6) is 0.446. The summed E-state index contributed by atoms with van der Waals surface area (Å²) in [7, 11) is 0. The predicted octanol–water partition coefficient (Wildman–Crippen LogP) is 2.25. The van der Waals surface area contributed by atoms with Crippen LogP contribution < -0.4 is 5.32 Å². The Bertz CT molecular complexity index is 678. The molecular weight excluding hydrogens is 268 g/mol. The number of rotatable bonds is 3.